The number of carbonyl (C=O) groups excluding carboxylic acids is 3. The summed E-state index contributed by atoms with van der Waals surface area (Å²) in [5.41, 5.74) is 2.46. The molecule has 0 saturated heterocycles. The molecule has 1 N–H and O–H groups in total. The maximum absolute atomic E-state index is 14.2. The van der Waals surface area contributed by atoms with Crippen molar-refractivity contribution in [2.24, 2.45) is 39.9 Å². The summed E-state index contributed by atoms with van der Waals surface area (Å²) >= 11 is 0. The molecule has 0 radical (unpaired) electrons. The predicted octanol–water partition coefficient (Wildman–Crippen LogP) is 8.25. The van der Waals surface area contributed by atoms with Gasteiger partial charge in [-0.25, -0.2) is 4.79 Å². The van der Waals surface area contributed by atoms with Gasteiger partial charge >= 0.3 is 17.9 Å². The van der Waals surface area contributed by atoms with E-state index in [4.69, 9.17) is 14.2 Å². The molecule has 1 aromatic carbocycles. The highest BCUT2D eigenvalue weighted by atomic mass is 16.9. The third-order valence-electron chi connectivity index (χ3n) is 14.0. The molecule has 4 aliphatic rings. The summed E-state index contributed by atoms with van der Waals surface area (Å²) in [7, 11) is 0. The van der Waals surface area contributed by atoms with Gasteiger partial charge in [0.25, 0.3) is 5.09 Å². The van der Waals surface area contributed by atoms with Crippen molar-refractivity contribution in [1.82, 2.24) is 0 Å². The van der Waals surface area contributed by atoms with E-state index in [-0.39, 0.29) is 71.6 Å². The lowest BCUT2D eigenvalue weighted by Gasteiger charge is -2.69. The zero-order chi connectivity index (χ0) is 39.4. The second-order valence-electron chi connectivity index (χ2n) is 17.4. The zero-order valence-corrected chi connectivity index (χ0v) is 33.3. The van der Waals surface area contributed by atoms with E-state index >= 15 is 0 Å². The van der Waals surface area contributed by atoms with Crippen LogP contribution in [0.15, 0.2) is 53.1 Å². The van der Waals surface area contributed by atoms with Crippen molar-refractivity contribution in [3.05, 3.63) is 68.8 Å². The van der Waals surface area contributed by atoms with Gasteiger partial charge < -0.3 is 24.2 Å². The summed E-state index contributed by atoms with van der Waals surface area (Å²) in [6.07, 6.45) is 6.98. The molecule has 0 aromatic heterocycles. The van der Waals surface area contributed by atoms with Crippen molar-refractivity contribution in [2.45, 2.75) is 144 Å². The number of esters is 3. The summed E-state index contributed by atoms with van der Waals surface area (Å²) < 4.78 is 18.1. The number of benzene rings is 1. The molecule has 0 aliphatic heterocycles. The van der Waals surface area contributed by atoms with Crippen LogP contribution in [0.1, 0.15) is 125 Å². The van der Waals surface area contributed by atoms with Gasteiger partial charge in [-0.2, -0.15) is 0 Å². The third kappa shape index (κ3) is 8.41. The molecule has 0 amide bonds. The van der Waals surface area contributed by atoms with Crippen LogP contribution in [0.5, 0.6) is 0 Å². The molecule has 298 valence electrons. The molecule has 11 nitrogen and oxygen atoms in total. The monoisotopic (exact) mass is 751 g/mol. The molecular weight excluding hydrogens is 690 g/mol. The van der Waals surface area contributed by atoms with Gasteiger partial charge in [0.05, 0.1) is 12.7 Å². The average Bonchev–Trinajstić information content (AvgIpc) is 3.37. The molecule has 4 saturated carbocycles. The van der Waals surface area contributed by atoms with Crippen LogP contribution in [0.3, 0.4) is 0 Å². The lowest BCUT2D eigenvalue weighted by molar-refractivity contribution is -0.757. The van der Waals surface area contributed by atoms with Crippen molar-refractivity contribution in [3.63, 3.8) is 0 Å². The quantitative estimate of drug-likeness (QED) is 0.0374. The Bertz CT molecular complexity index is 1600. The molecule has 1 aromatic rings. The Labute approximate surface area is 320 Å². The van der Waals surface area contributed by atoms with Crippen LogP contribution >= 0.6 is 0 Å². The summed E-state index contributed by atoms with van der Waals surface area (Å²) in [6, 6.07) is 9.59. The van der Waals surface area contributed by atoms with Gasteiger partial charge in [-0.3, -0.25) is 9.59 Å². The smallest absolute Gasteiger partial charge is 0.334 e. The minimum absolute atomic E-state index is 0.0444. The number of unbranched alkanes of at least 4 members (excludes halogenated alkanes) is 1. The van der Waals surface area contributed by atoms with E-state index in [1.165, 1.54) is 6.92 Å². The lowest BCUT2D eigenvalue weighted by Crippen LogP contribution is -2.65. The lowest BCUT2D eigenvalue weighted by atomic mass is 9.36. The SMILES string of the molecule is CC(=O)O[C@H]1C[C@@]2(C)[C@@H](C[C@@H](O)[C@H]3[C@@]4(C)CC[C@@H](OC(=O)CCCCO[N+](=O)[O-])[C@@H](C)[C@@H]4CC[C@@]32C)/C1=C(\CCC=C(C)C)C(=O)OCc1ccccc1. The van der Waals surface area contributed by atoms with E-state index in [9.17, 15) is 29.6 Å². The van der Waals surface area contributed by atoms with Gasteiger partial charge in [0.2, 0.25) is 0 Å². The normalized spacial score (nSPS) is 35.0. The Kier molecular flexibility index (Phi) is 13.0. The summed E-state index contributed by atoms with van der Waals surface area (Å²) in [5, 5.41) is 22.0. The number of allylic oxidation sites excluding steroid dienone is 2. The van der Waals surface area contributed by atoms with Crippen LogP contribution in [-0.4, -0.2) is 53.0 Å². The third-order valence-corrected chi connectivity index (χ3v) is 14.0. The molecule has 0 bridgehead atoms. The number of nitrogens with zero attached hydrogens (tertiary/aromatic N) is 1. The van der Waals surface area contributed by atoms with E-state index in [1.54, 1.807) is 0 Å². The molecule has 0 heterocycles. The van der Waals surface area contributed by atoms with Crippen LogP contribution in [0.2, 0.25) is 0 Å². The molecule has 11 heteroatoms. The van der Waals surface area contributed by atoms with Crippen LogP contribution < -0.4 is 0 Å². The highest BCUT2D eigenvalue weighted by Crippen LogP contribution is 2.74. The summed E-state index contributed by atoms with van der Waals surface area (Å²) in [6.45, 7) is 14.7. The standard InChI is InChI=1S/C43H61NO10/c1-27(2)14-13-17-31(40(48)51-26-30-15-9-8-10-16-30)38-33-24-34(46)39-41(5)21-20-35(54-37(47)18-11-12-23-52-44(49)50)28(3)32(41)19-22-42(39,6)43(33,7)25-36(38)53-29(4)45/h8-10,14-16,28,32-36,39,46H,11-13,17-26H2,1-7H3/b38-31-/t28-,32-,33-,34+,35+,36-,39-,41-,42-,43-/m0/s1. The number of ether oxygens (including phenoxy) is 3. The second kappa shape index (κ2) is 17.0. The van der Waals surface area contributed by atoms with E-state index in [2.05, 4.69) is 38.6 Å². The molecule has 4 fully saturated rings. The summed E-state index contributed by atoms with van der Waals surface area (Å²) in [5.74, 6) is -1.03. The van der Waals surface area contributed by atoms with Crippen molar-refractivity contribution in [3.8, 4) is 0 Å². The van der Waals surface area contributed by atoms with Crippen LogP contribution in [-0.2, 0) is 40.0 Å². The first-order chi connectivity index (χ1) is 25.5. The summed E-state index contributed by atoms with van der Waals surface area (Å²) in [4.78, 5) is 54.5. The first-order valence-electron chi connectivity index (χ1n) is 19.9. The van der Waals surface area contributed by atoms with Gasteiger partial charge in [-0.05, 0) is 129 Å². The van der Waals surface area contributed by atoms with Gasteiger partial charge in [-0.1, -0.05) is 69.7 Å². The van der Waals surface area contributed by atoms with Crippen LogP contribution in [0.4, 0.5) is 0 Å². The maximum Gasteiger partial charge on any atom is 0.334 e. The van der Waals surface area contributed by atoms with E-state index in [0.717, 1.165) is 36.0 Å². The fraction of sp³-hybridized carbons (Fsp3) is 0.698. The van der Waals surface area contributed by atoms with Crippen molar-refractivity contribution >= 4 is 17.9 Å². The number of carbonyl (C=O) groups is 3. The zero-order valence-electron chi connectivity index (χ0n) is 33.3. The molecule has 54 heavy (non-hydrogen) atoms. The number of rotatable bonds is 14. The fourth-order valence-electron chi connectivity index (χ4n) is 11.5. The molecule has 10 atom stereocenters. The molecule has 0 spiro atoms. The van der Waals surface area contributed by atoms with Crippen LogP contribution in [0.25, 0.3) is 0 Å². The van der Waals surface area contributed by atoms with E-state index < -0.39 is 29.2 Å². The number of hydrogen-bond donors (Lipinski definition) is 1. The largest absolute Gasteiger partial charge is 0.462 e. The molecule has 5 rings (SSSR count). The Morgan fingerprint density at radius 1 is 0.981 bits per heavy atom. The minimum atomic E-state index is -0.826. The fourth-order valence-corrected chi connectivity index (χ4v) is 11.5. The molecular formula is C43H61NO10. The Balaban J connectivity index is 1.42. The van der Waals surface area contributed by atoms with E-state index in [1.807, 2.05) is 44.2 Å². The van der Waals surface area contributed by atoms with Crippen molar-refractivity contribution < 1.29 is 43.6 Å². The minimum Gasteiger partial charge on any atom is -0.462 e. The number of aliphatic hydroxyl groups excluding tert-OH is 1. The number of hydrogen-bond acceptors (Lipinski definition) is 10. The van der Waals surface area contributed by atoms with Crippen molar-refractivity contribution in [1.29, 1.82) is 0 Å². The first kappa shape index (κ1) is 41.4. The Hall–Kier alpha value is -3.73. The Morgan fingerprint density at radius 2 is 1.70 bits per heavy atom. The highest BCUT2D eigenvalue weighted by molar-refractivity contribution is 5.90. The first-order valence-corrected chi connectivity index (χ1v) is 19.9. The van der Waals surface area contributed by atoms with Crippen LogP contribution in [0, 0.1) is 50.0 Å². The van der Waals surface area contributed by atoms with Gasteiger partial charge in [0.1, 0.15) is 18.8 Å². The predicted molar refractivity (Wildman–Crippen MR) is 202 cm³/mol. The van der Waals surface area contributed by atoms with Crippen molar-refractivity contribution in [2.75, 3.05) is 6.61 Å². The second-order valence-corrected chi connectivity index (χ2v) is 17.4. The van der Waals surface area contributed by atoms with Gasteiger partial charge in [0.15, 0.2) is 0 Å². The Morgan fingerprint density at radius 3 is 2.37 bits per heavy atom. The highest BCUT2D eigenvalue weighted by Gasteiger charge is 2.71. The van der Waals surface area contributed by atoms with E-state index in [0.29, 0.717) is 50.5 Å². The van der Waals surface area contributed by atoms with Gasteiger partial charge in [-0.15, -0.1) is 10.1 Å². The number of aliphatic hydroxyl groups is 1. The average molecular weight is 752 g/mol. The topological polar surface area (TPSA) is 152 Å². The number of fused-ring (bicyclic) bond motifs is 5. The molecule has 0 unspecified atom stereocenters. The maximum atomic E-state index is 14.2. The van der Waals surface area contributed by atoms with Gasteiger partial charge in [0, 0.05) is 18.9 Å². The molecule has 4 aliphatic carbocycles.